The second kappa shape index (κ2) is 7.17. The summed E-state index contributed by atoms with van der Waals surface area (Å²) in [6.45, 7) is 7.55. The molecular weight excluding hydrogens is 232 g/mol. The van der Waals surface area contributed by atoms with Crippen LogP contribution in [0.4, 0.5) is 0 Å². The summed E-state index contributed by atoms with van der Waals surface area (Å²) in [5.41, 5.74) is 0. The van der Waals surface area contributed by atoms with Crippen LogP contribution in [0.2, 0.25) is 0 Å². The number of nitrogens with one attached hydrogen (secondary N) is 2. The van der Waals surface area contributed by atoms with Crippen molar-refractivity contribution in [3.8, 4) is 0 Å². The molecule has 1 aliphatic carbocycles. The van der Waals surface area contributed by atoms with Crippen LogP contribution in [0.3, 0.4) is 0 Å². The largest absolute Gasteiger partial charge is 0.395 e. The summed E-state index contributed by atoms with van der Waals surface area (Å²) >= 11 is 5.25. The molecule has 0 aromatic carbocycles. The van der Waals surface area contributed by atoms with Crippen LogP contribution in [0, 0.1) is 17.8 Å². The first-order valence-corrected chi connectivity index (χ1v) is 7.10. The molecule has 3 N–H and O–H groups in total. The van der Waals surface area contributed by atoms with Crippen LogP contribution in [0.1, 0.15) is 40.0 Å². The van der Waals surface area contributed by atoms with Gasteiger partial charge in [0.15, 0.2) is 5.11 Å². The fourth-order valence-electron chi connectivity index (χ4n) is 2.76. The lowest BCUT2D eigenvalue weighted by atomic mass is 9.74. The minimum atomic E-state index is 0.122. The van der Waals surface area contributed by atoms with E-state index in [4.69, 9.17) is 17.3 Å². The highest BCUT2D eigenvalue weighted by Gasteiger charge is 2.30. The van der Waals surface area contributed by atoms with Crippen molar-refractivity contribution >= 4 is 17.3 Å². The molecule has 17 heavy (non-hydrogen) atoms. The molecule has 0 saturated heterocycles. The van der Waals surface area contributed by atoms with Gasteiger partial charge >= 0.3 is 0 Å². The van der Waals surface area contributed by atoms with Gasteiger partial charge in [-0.1, -0.05) is 27.2 Å². The fraction of sp³-hybridized carbons (Fsp3) is 0.923. The standard InChI is InChI=1S/C13H26N2OS/c1-9(2)11-5-4-10(3)8-12(11)15-13(17)14-6-7-16/h9-12,16H,4-8H2,1-3H3,(H2,14,15,17)/t10-,11?,12?/m1/s1. The van der Waals surface area contributed by atoms with Crippen LogP contribution < -0.4 is 10.6 Å². The van der Waals surface area contributed by atoms with E-state index in [1.807, 2.05) is 0 Å². The van der Waals surface area contributed by atoms with Gasteiger partial charge in [0, 0.05) is 12.6 Å². The zero-order valence-corrected chi connectivity index (χ0v) is 12.0. The van der Waals surface area contributed by atoms with Crippen LogP contribution in [0.15, 0.2) is 0 Å². The van der Waals surface area contributed by atoms with Crippen molar-refractivity contribution in [3.63, 3.8) is 0 Å². The van der Waals surface area contributed by atoms with Crippen molar-refractivity contribution in [2.24, 2.45) is 17.8 Å². The van der Waals surface area contributed by atoms with Crippen molar-refractivity contribution in [2.75, 3.05) is 13.2 Å². The predicted octanol–water partition coefficient (Wildman–Crippen LogP) is 1.90. The number of hydrogen-bond acceptors (Lipinski definition) is 2. The Labute approximate surface area is 110 Å². The molecule has 1 rings (SSSR count). The van der Waals surface area contributed by atoms with E-state index in [9.17, 15) is 0 Å². The van der Waals surface area contributed by atoms with Gasteiger partial charge < -0.3 is 15.7 Å². The third-order valence-corrected chi connectivity index (χ3v) is 4.00. The zero-order valence-electron chi connectivity index (χ0n) is 11.2. The van der Waals surface area contributed by atoms with E-state index in [-0.39, 0.29) is 6.61 Å². The summed E-state index contributed by atoms with van der Waals surface area (Å²) in [6.07, 6.45) is 3.82. The third-order valence-electron chi connectivity index (χ3n) is 3.74. The summed E-state index contributed by atoms with van der Waals surface area (Å²) in [5, 5.41) is 15.9. The van der Waals surface area contributed by atoms with Gasteiger partial charge in [-0.15, -0.1) is 0 Å². The van der Waals surface area contributed by atoms with Crippen molar-refractivity contribution in [1.82, 2.24) is 10.6 Å². The van der Waals surface area contributed by atoms with E-state index < -0.39 is 0 Å². The highest BCUT2D eigenvalue weighted by molar-refractivity contribution is 7.80. The van der Waals surface area contributed by atoms with E-state index in [2.05, 4.69) is 31.4 Å². The van der Waals surface area contributed by atoms with Crippen molar-refractivity contribution in [3.05, 3.63) is 0 Å². The maximum absolute atomic E-state index is 8.75. The summed E-state index contributed by atoms with van der Waals surface area (Å²) in [6, 6.07) is 0.484. The Morgan fingerprint density at radius 1 is 1.41 bits per heavy atom. The summed E-state index contributed by atoms with van der Waals surface area (Å²) in [4.78, 5) is 0. The highest BCUT2D eigenvalue weighted by atomic mass is 32.1. The first-order chi connectivity index (χ1) is 8.04. The molecule has 0 aromatic heterocycles. The summed E-state index contributed by atoms with van der Waals surface area (Å²) in [7, 11) is 0. The first kappa shape index (κ1) is 14.7. The number of thiocarbonyl (C=S) groups is 1. The topological polar surface area (TPSA) is 44.3 Å². The van der Waals surface area contributed by atoms with Crippen molar-refractivity contribution in [1.29, 1.82) is 0 Å². The molecule has 3 atom stereocenters. The van der Waals surface area contributed by atoms with Gasteiger partial charge in [-0.3, -0.25) is 0 Å². The maximum atomic E-state index is 8.75. The van der Waals surface area contributed by atoms with Crippen LogP contribution in [0.5, 0.6) is 0 Å². The molecule has 3 nitrogen and oxygen atoms in total. The van der Waals surface area contributed by atoms with Gasteiger partial charge in [-0.2, -0.15) is 0 Å². The van der Waals surface area contributed by atoms with E-state index in [1.54, 1.807) is 0 Å². The molecule has 1 fully saturated rings. The fourth-order valence-corrected chi connectivity index (χ4v) is 3.01. The van der Waals surface area contributed by atoms with Gasteiger partial charge in [-0.25, -0.2) is 0 Å². The molecule has 0 radical (unpaired) electrons. The smallest absolute Gasteiger partial charge is 0.166 e. The monoisotopic (exact) mass is 258 g/mol. The SMILES string of the molecule is CC(C)C1CC[C@@H](C)CC1NC(=S)NCCO. The van der Waals surface area contributed by atoms with E-state index >= 15 is 0 Å². The Morgan fingerprint density at radius 3 is 2.71 bits per heavy atom. The lowest BCUT2D eigenvalue weighted by Gasteiger charge is -2.38. The van der Waals surface area contributed by atoms with Crippen LogP contribution in [0.25, 0.3) is 0 Å². The summed E-state index contributed by atoms with van der Waals surface area (Å²) < 4.78 is 0. The minimum Gasteiger partial charge on any atom is -0.395 e. The molecule has 1 saturated carbocycles. The van der Waals surface area contributed by atoms with Crippen LogP contribution in [-0.2, 0) is 0 Å². The molecule has 2 unspecified atom stereocenters. The van der Waals surface area contributed by atoms with Crippen LogP contribution in [-0.4, -0.2) is 29.4 Å². The second-order valence-electron chi connectivity index (χ2n) is 5.56. The van der Waals surface area contributed by atoms with Gasteiger partial charge in [0.2, 0.25) is 0 Å². The highest BCUT2D eigenvalue weighted by Crippen LogP contribution is 2.33. The summed E-state index contributed by atoms with van der Waals surface area (Å²) in [5.74, 6) is 2.18. The van der Waals surface area contributed by atoms with Gasteiger partial charge in [0.25, 0.3) is 0 Å². The van der Waals surface area contributed by atoms with Crippen molar-refractivity contribution in [2.45, 2.75) is 46.1 Å². The Balaban J connectivity index is 2.48. The quantitative estimate of drug-likeness (QED) is 0.674. The number of aliphatic hydroxyl groups excluding tert-OH is 1. The maximum Gasteiger partial charge on any atom is 0.166 e. The second-order valence-corrected chi connectivity index (χ2v) is 5.96. The Kier molecular flexibility index (Phi) is 6.20. The van der Waals surface area contributed by atoms with E-state index in [0.717, 1.165) is 5.92 Å². The number of aliphatic hydroxyl groups is 1. The van der Waals surface area contributed by atoms with E-state index in [0.29, 0.717) is 29.5 Å². The molecule has 0 heterocycles. The average molecular weight is 258 g/mol. The molecule has 0 amide bonds. The normalized spacial score (nSPS) is 29.1. The van der Waals surface area contributed by atoms with Crippen LogP contribution >= 0.6 is 12.2 Å². The Morgan fingerprint density at radius 2 is 2.12 bits per heavy atom. The molecular formula is C13H26N2OS. The number of rotatable bonds is 4. The lowest BCUT2D eigenvalue weighted by molar-refractivity contribution is 0.185. The molecule has 0 aliphatic heterocycles. The van der Waals surface area contributed by atoms with Crippen molar-refractivity contribution < 1.29 is 5.11 Å². The first-order valence-electron chi connectivity index (χ1n) is 6.69. The molecule has 4 heteroatoms. The average Bonchev–Trinajstić information content (AvgIpc) is 2.26. The molecule has 0 aromatic rings. The number of hydrogen-bond donors (Lipinski definition) is 3. The Bertz CT molecular complexity index is 246. The zero-order chi connectivity index (χ0) is 12.8. The predicted molar refractivity (Wildman–Crippen MR) is 76.0 cm³/mol. The molecule has 100 valence electrons. The molecule has 0 bridgehead atoms. The Hall–Kier alpha value is -0.350. The molecule has 1 aliphatic rings. The third kappa shape index (κ3) is 4.80. The van der Waals surface area contributed by atoms with Gasteiger partial charge in [-0.05, 0) is 42.8 Å². The molecule has 0 spiro atoms. The van der Waals surface area contributed by atoms with Gasteiger partial charge in [0.05, 0.1) is 6.61 Å². The van der Waals surface area contributed by atoms with Gasteiger partial charge in [0.1, 0.15) is 0 Å². The lowest BCUT2D eigenvalue weighted by Crippen LogP contribution is -2.49. The van der Waals surface area contributed by atoms with E-state index in [1.165, 1.54) is 19.3 Å². The minimum absolute atomic E-state index is 0.122.